The summed E-state index contributed by atoms with van der Waals surface area (Å²) in [6.45, 7) is 0. The minimum atomic E-state index is -1.39. The van der Waals surface area contributed by atoms with Gasteiger partial charge in [-0.15, -0.1) is 0 Å². The smallest absolute Gasteiger partial charge is 0.0718 e. The topological polar surface area (TPSA) is 80.3 Å². The van der Waals surface area contributed by atoms with Gasteiger partial charge >= 0.3 is 0 Å². The highest BCUT2D eigenvalue weighted by atomic mass is 16.4. The first-order valence-corrected chi connectivity index (χ1v) is 6.69. The summed E-state index contributed by atoms with van der Waals surface area (Å²) in [6, 6.07) is 13.9. The summed E-state index contributed by atoms with van der Waals surface area (Å²) in [5.41, 5.74) is 1.60. The predicted octanol–water partition coefficient (Wildman–Crippen LogP) is 0.685. The summed E-state index contributed by atoms with van der Waals surface area (Å²) < 4.78 is 0. The number of carboxylic acid groups (broad SMARTS) is 2. The van der Waals surface area contributed by atoms with Crippen molar-refractivity contribution in [1.29, 1.82) is 0 Å². The summed E-state index contributed by atoms with van der Waals surface area (Å²) in [6.07, 6.45) is 0.856. The third-order valence-corrected chi connectivity index (χ3v) is 3.93. The molecule has 21 heavy (non-hydrogen) atoms. The molecule has 0 bridgehead atoms. The maximum Gasteiger partial charge on any atom is 0.0718 e. The van der Waals surface area contributed by atoms with Crippen LogP contribution in [-0.2, 0) is 0 Å². The van der Waals surface area contributed by atoms with Crippen molar-refractivity contribution < 1.29 is 19.8 Å². The van der Waals surface area contributed by atoms with Gasteiger partial charge in [-0.3, -0.25) is 0 Å². The van der Waals surface area contributed by atoms with E-state index in [2.05, 4.69) is 0 Å². The molecule has 1 saturated carbocycles. The lowest BCUT2D eigenvalue weighted by Crippen LogP contribution is -2.26. The van der Waals surface area contributed by atoms with Gasteiger partial charge in [-0.05, 0) is 41.0 Å². The van der Waals surface area contributed by atoms with Crippen molar-refractivity contribution in [3.63, 3.8) is 0 Å². The molecule has 4 heteroatoms. The molecule has 1 aliphatic carbocycles. The van der Waals surface area contributed by atoms with Crippen LogP contribution in [0.2, 0.25) is 0 Å². The minimum Gasteiger partial charge on any atom is -0.545 e. The third kappa shape index (κ3) is 2.52. The normalized spacial score (nSPS) is 20.0. The van der Waals surface area contributed by atoms with Crippen LogP contribution in [-0.4, -0.2) is 11.9 Å². The Bertz CT molecular complexity index is 706. The molecule has 1 aliphatic rings. The Morgan fingerprint density at radius 3 is 2.24 bits per heavy atom. The molecule has 0 aromatic heterocycles. The molecule has 2 aromatic carbocycles. The number of aromatic carboxylic acids is 2. The highest BCUT2D eigenvalue weighted by molar-refractivity contribution is 5.93. The largest absolute Gasteiger partial charge is 0.545 e. The van der Waals surface area contributed by atoms with Crippen molar-refractivity contribution in [3.8, 4) is 0 Å². The second-order valence-electron chi connectivity index (χ2n) is 5.24. The van der Waals surface area contributed by atoms with E-state index in [1.54, 1.807) is 6.07 Å². The van der Waals surface area contributed by atoms with Crippen molar-refractivity contribution in [2.45, 2.75) is 18.3 Å². The van der Waals surface area contributed by atoms with E-state index >= 15 is 0 Å². The monoisotopic (exact) mass is 280 g/mol. The Balaban J connectivity index is 1.93. The van der Waals surface area contributed by atoms with Gasteiger partial charge in [-0.2, -0.15) is 0 Å². The Morgan fingerprint density at radius 2 is 1.62 bits per heavy atom. The van der Waals surface area contributed by atoms with Gasteiger partial charge < -0.3 is 19.8 Å². The molecular formula is C17H12O4-2. The molecule has 0 amide bonds. The fraction of sp³-hybridized carbons (Fsp3) is 0.176. The van der Waals surface area contributed by atoms with E-state index in [-0.39, 0.29) is 23.0 Å². The third-order valence-electron chi connectivity index (χ3n) is 3.93. The van der Waals surface area contributed by atoms with Crippen LogP contribution in [0.1, 0.15) is 50.1 Å². The van der Waals surface area contributed by atoms with Gasteiger partial charge in [-0.25, -0.2) is 0 Å². The number of benzene rings is 2. The first-order valence-electron chi connectivity index (χ1n) is 6.69. The summed E-state index contributed by atoms with van der Waals surface area (Å²) in [5.74, 6) is -2.37. The zero-order valence-electron chi connectivity index (χ0n) is 11.1. The second kappa shape index (κ2) is 5.05. The zero-order chi connectivity index (χ0) is 15.0. The minimum absolute atomic E-state index is 0.0554. The first-order chi connectivity index (χ1) is 10.1. The van der Waals surface area contributed by atoms with Crippen LogP contribution in [0, 0.1) is 0 Å². The Hall–Kier alpha value is -2.62. The molecule has 2 aromatic rings. The van der Waals surface area contributed by atoms with Gasteiger partial charge in [0.05, 0.1) is 11.9 Å². The molecule has 0 unspecified atom stereocenters. The molecule has 0 heterocycles. The predicted molar refractivity (Wildman–Crippen MR) is 71.6 cm³/mol. The van der Waals surface area contributed by atoms with Gasteiger partial charge in [0.25, 0.3) is 0 Å². The zero-order valence-corrected chi connectivity index (χ0v) is 11.1. The summed E-state index contributed by atoms with van der Waals surface area (Å²) in [5, 5.41) is 22.1. The highest BCUT2D eigenvalue weighted by Gasteiger charge is 2.40. The average Bonchev–Trinajstić information content (AvgIpc) is 3.27. The lowest BCUT2D eigenvalue weighted by Gasteiger charge is -2.13. The molecule has 0 N–H and O–H groups in total. The van der Waals surface area contributed by atoms with Gasteiger partial charge in [0, 0.05) is 5.56 Å². The maximum atomic E-state index is 11.2. The lowest BCUT2D eigenvalue weighted by atomic mass is 9.97. The molecule has 106 valence electrons. The highest BCUT2D eigenvalue weighted by Crippen LogP contribution is 2.55. The fourth-order valence-corrected chi connectivity index (χ4v) is 2.79. The van der Waals surface area contributed by atoms with Crippen LogP contribution in [0.4, 0.5) is 0 Å². The fourth-order valence-electron chi connectivity index (χ4n) is 2.79. The maximum absolute atomic E-state index is 11.2. The van der Waals surface area contributed by atoms with E-state index in [9.17, 15) is 19.8 Å². The van der Waals surface area contributed by atoms with Crippen LogP contribution < -0.4 is 10.2 Å². The van der Waals surface area contributed by atoms with Crippen molar-refractivity contribution in [2.24, 2.45) is 0 Å². The van der Waals surface area contributed by atoms with Crippen LogP contribution in [0.25, 0.3) is 0 Å². The van der Waals surface area contributed by atoms with Gasteiger partial charge in [0.2, 0.25) is 0 Å². The van der Waals surface area contributed by atoms with E-state index in [0.29, 0.717) is 5.56 Å². The first kappa shape index (κ1) is 13.4. The standard InChI is InChI=1S/C17H14O4/c18-16(19)11-6-7-12(15(8-11)17(20)21)14-9-13(14)10-4-2-1-3-5-10/h1-8,13-14H,9H2,(H,18,19)(H,20,21)/p-2/t13-,14+/m0/s1. The molecule has 0 radical (unpaired) electrons. The van der Waals surface area contributed by atoms with Crippen LogP contribution in [0.5, 0.6) is 0 Å². The number of rotatable bonds is 4. The van der Waals surface area contributed by atoms with Crippen molar-refractivity contribution in [3.05, 3.63) is 70.8 Å². The number of hydrogen-bond acceptors (Lipinski definition) is 4. The lowest BCUT2D eigenvalue weighted by molar-refractivity contribution is -0.255. The van der Waals surface area contributed by atoms with E-state index in [1.807, 2.05) is 30.3 Å². The average molecular weight is 280 g/mol. The number of hydrogen-bond donors (Lipinski definition) is 0. The van der Waals surface area contributed by atoms with E-state index in [4.69, 9.17) is 0 Å². The van der Waals surface area contributed by atoms with Gasteiger partial charge in [0.1, 0.15) is 0 Å². The van der Waals surface area contributed by atoms with E-state index in [1.165, 1.54) is 6.07 Å². The molecule has 2 atom stereocenters. The van der Waals surface area contributed by atoms with Crippen LogP contribution in [0.3, 0.4) is 0 Å². The summed E-state index contributed by atoms with van der Waals surface area (Å²) in [4.78, 5) is 22.1. The molecule has 1 fully saturated rings. The van der Waals surface area contributed by atoms with Crippen molar-refractivity contribution in [1.82, 2.24) is 0 Å². The Labute approximate surface area is 121 Å². The molecule has 4 nitrogen and oxygen atoms in total. The van der Waals surface area contributed by atoms with Gasteiger partial charge in [0.15, 0.2) is 0 Å². The Kier molecular flexibility index (Phi) is 3.22. The van der Waals surface area contributed by atoms with Crippen LogP contribution in [0.15, 0.2) is 48.5 Å². The molecule has 3 rings (SSSR count). The van der Waals surface area contributed by atoms with E-state index in [0.717, 1.165) is 18.1 Å². The number of carbonyl (C=O) groups excluding carboxylic acids is 2. The van der Waals surface area contributed by atoms with Crippen molar-refractivity contribution >= 4 is 11.9 Å². The SMILES string of the molecule is O=C([O-])c1ccc([C@H]2C[C@H]2c2ccccc2)c(C(=O)[O-])c1. The quantitative estimate of drug-likeness (QED) is 0.825. The molecule has 0 spiro atoms. The van der Waals surface area contributed by atoms with Crippen molar-refractivity contribution in [2.75, 3.05) is 0 Å². The molecule has 0 aliphatic heterocycles. The van der Waals surface area contributed by atoms with Crippen LogP contribution >= 0.6 is 0 Å². The molecular weight excluding hydrogens is 268 g/mol. The summed E-state index contributed by atoms with van der Waals surface area (Å²) in [7, 11) is 0. The Morgan fingerprint density at radius 1 is 0.905 bits per heavy atom. The number of carboxylic acids is 2. The number of carbonyl (C=O) groups is 2. The second-order valence-corrected chi connectivity index (χ2v) is 5.24. The van der Waals surface area contributed by atoms with E-state index < -0.39 is 11.9 Å². The molecule has 0 saturated heterocycles. The summed E-state index contributed by atoms with van der Waals surface area (Å²) >= 11 is 0. The van der Waals surface area contributed by atoms with Gasteiger partial charge in [-0.1, -0.05) is 42.5 Å².